The van der Waals surface area contributed by atoms with Crippen LogP contribution in [-0.2, 0) is 56.0 Å². The van der Waals surface area contributed by atoms with Crippen molar-refractivity contribution in [3.8, 4) is 0 Å². The topological polar surface area (TPSA) is 20.9 Å². The van der Waals surface area contributed by atoms with Crippen molar-refractivity contribution in [2.24, 2.45) is 0 Å². The van der Waals surface area contributed by atoms with Gasteiger partial charge >= 0.3 is 49.4 Å². The number of hydrogen-bond donors (Lipinski definition) is 0. The number of rotatable bonds is 7. The molecule has 76 heavy (non-hydrogen) atoms. The molecule has 0 aliphatic heterocycles. The zero-order chi connectivity index (χ0) is 57.2. The van der Waals surface area contributed by atoms with Crippen molar-refractivity contribution in [2.45, 2.75) is 56.0 Å². The SMILES string of the molecule is FC(F)(F)c1cc([B-](c2cc(C(F)(F)F)cc(C(F)(F)F)c2)(c2cc(C(F)(F)F)cc(C(F)(F)F)c2)c2cc(C(F)(F)F)cc(C(F)(F)F)c2)cc(C(F)(F)F)c1.O=C(C[n+]1csc2ccccc21)c1ccccc1F. The van der Waals surface area contributed by atoms with Crippen molar-refractivity contribution in [1.82, 2.24) is 0 Å². The lowest BCUT2D eigenvalue weighted by molar-refractivity contribution is -0.652. The van der Waals surface area contributed by atoms with Crippen LogP contribution < -0.4 is 26.4 Å². The van der Waals surface area contributed by atoms with Crippen LogP contribution in [-0.4, -0.2) is 11.9 Å². The predicted molar refractivity (Wildman–Crippen MR) is 223 cm³/mol. The number of hydrogen-bond acceptors (Lipinski definition) is 2. The lowest BCUT2D eigenvalue weighted by atomic mass is 9.12. The Morgan fingerprint density at radius 1 is 0.382 bits per heavy atom. The third-order valence-corrected chi connectivity index (χ3v) is 12.4. The van der Waals surface area contributed by atoms with E-state index in [0.717, 1.165) is 10.2 Å². The maximum atomic E-state index is 14.2. The van der Waals surface area contributed by atoms with Gasteiger partial charge in [-0.25, -0.2) is 4.39 Å². The Bertz CT molecular complexity index is 2840. The number of fused-ring (bicyclic) bond motifs is 1. The van der Waals surface area contributed by atoms with Crippen molar-refractivity contribution in [1.29, 1.82) is 0 Å². The largest absolute Gasteiger partial charge is 0.416 e. The van der Waals surface area contributed by atoms with Crippen molar-refractivity contribution < 1.29 is 119 Å². The Balaban J connectivity index is 0.000000408. The van der Waals surface area contributed by atoms with Crippen LogP contribution >= 0.6 is 11.3 Å². The minimum absolute atomic E-state index is 0.144. The molecule has 0 aliphatic rings. The average Bonchev–Trinajstić information content (AvgIpc) is 3.69. The molecule has 0 saturated carbocycles. The fourth-order valence-corrected chi connectivity index (χ4v) is 8.98. The van der Waals surface area contributed by atoms with Crippen molar-refractivity contribution >= 4 is 55.3 Å². The number of carbonyl (C=O) groups is 1. The van der Waals surface area contributed by atoms with Gasteiger partial charge in [0, 0.05) is 6.07 Å². The van der Waals surface area contributed by atoms with E-state index in [1.807, 2.05) is 34.3 Å². The Hall–Kier alpha value is -6.81. The van der Waals surface area contributed by atoms with Crippen molar-refractivity contribution in [3.05, 3.63) is 183 Å². The summed E-state index contributed by atoms with van der Waals surface area (Å²) in [4.78, 5) is 12.1. The van der Waals surface area contributed by atoms with Crippen molar-refractivity contribution in [2.75, 3.05) is 0 Å². The molecule has 0 atom stereocenters. The van der Waals surface area contributed by atoms with Gasteiger partial charge < -0.3 is 0 Å². The highest BCUT2D eigenvalue weighted by atomic mass is 32.1. The zero-order valence-corrected chi connectivity index (χ0v) is 37.4. The molecule has 0 aliphatic carbocycles. The Morgan fingerprint density at radius 2 is 0.645 bits per heavy atom. The van der Waals surface area contributed by atoms with Gasteiger partial charge in [0.15, 0.2) is 0 Å². The lowest BCUT2D eigenvalue weighted by Gasteiger charge is -2.46. The molecule has 6 aromatic carbocycles. The molecule has 0 spiro atoms. The fraction of sp³-hybridized carbons (Fsp3) is 0.191. The number of para-hydroxylation sites is 1. The summed E-state index contributed by atoms with van der Waals surface area (Å²) in [5, 5.41) is 0. The van der Waals surface area contributed by atoms with E-state index < -0.39 is 201 Å². The van der Waals surface area contributed by atoms with E-state index in [2.05, 4.69) is 0 Å². The summed E-state index contributed by atoms with van der Waals surface area (Å²) in [6.07, 6.45) is -54.8. The second kappa shape index (κ2) is 20.0. The number of thiazole rings is 1. The molecule has 0 bridgehead atoms. The first-order valence-electron chi connectivity index (χ1n) is 20.5. The van der Waals surface area contributed by atoms with Crippen LogP contribution in [0.25, 0.3) is 10.2 Å². The van der Waals surface area contributed by atoms with Crippen molar-refractivity contribution in [3.63, 3.8) is 0 Å². The highest BCUT2D eigenvalue weighted by Crippen LogP contribution is 2.41. The molecule has 0 unspecified atom stereocenters. The second-order valence-corrected chi connectivity index (χ2v) is 17.3. The molecule has 7 aromatic rings. The summed E-state index contributed by atoms with van der Waals surface area (Å²) < 4.78 is 357. The summed E-state index contributed by atoms with van der Waals surface area (Å²) in [6, 6.07) is 5.13. The number of halogens is 25. The lowest BCUT2D eigenvalue weighted by Crippen LogP contribution is -2.75. The van der Waals surface area contributed by atoms with Gasteiger partial charge in [0.05, 0.1) is 50.1 Å². The number of Topliss-reactive ketones (excluding diaryl/α,β-unsaturated/α-hetero) is 1. The predicted octanol–water partition coefficient (Wildman–Crippen LogP) is 14.4. The first kappa shape index (κ1) is 58.5. The van der Waals surface area contributed by atoms with Crippen LogP contribution in [0.1, 0.15) is 54.9 Å². The molecule has 1 aromatic heterocycles. The summed E-state index contributed by atoms with van der Waals surface area (Å²) >= 11 is 1.57. The number of benzene rings is 6. The third kappa shape index (κ3) is 12.7. The number of alkyl halides is 24. The normalized spacial score (nSPS) is 13.4. The van der Waals surface area contributed by atoms with E-state index in [1.165, 1.54) is 12.1 Å². The van der Waals surface area contributed by atoms with E-state index >= 15 is 0 Å². The molecule has 0 fully saturated rings. The molecular weight excluding hydrogens is 1110 g/mol. The van der Waals surface area contributed by atoms with E-state index in [4.69, 9.17) is 0 Å². The molecule has 406 valence electrons. The Morgan fingerprint density at radius 3 is 0.921 bits per heavy atom. The highest BCUT2D eigenvalue weighted by Gasteiger charge is 2.47. The van der Waals surface area contributed by atoms with Gasteiger partial charge in [0.2, 0.25) is 23.4 Å². The second-order valence-electron chi connectivity index (χ2n) is 16.4. The molecule has 29 heteroatoms. The van der Waals surface area contributed by atoms with Gasteiger partial charge in [-0.05, 0) is 42.5 Å². The number of carbonyl (C=O) groups excluding carboxylic acids is 1. The Labute approximate surface area is 412 Å². The van der Waals surface area contributed by atoms with E-state index in [9.17, 15) is 115 Å². The summed E-state index contributed by atoms with van der Waals surface area (Å²) in [7, 11) is 0. The molecule has 2 nitrogen and oxygen atoms in total. The summed E-state index contributed by atoms with van der Waals surface area (Å²) in [5.74, 6) is -0.681. The van der Waals surface area contributed by atoms with Crippen LogP contribution in [0.5, 0.6) is 0 Å². The van der Waals surface area contributed by atoms with Gasteiger partial charge in [-0.15, -0.1) is 0 Å². The minimum Gasteiger partial charge on any atom is -0.287 e. The summed E-state index contributed by atoms with van der Waals surface area (Å²) in [5.41, 5.74) is -27.2. The van der Waals surface area contributed by atoms with Gasteiger partial charge in [-0.2, -0.15) is 132 Å². The van der Waals surface area contributed by atoms with Gasteiger partial charge in [0.1, 0.15) is 16.7 Å². The van der Waals surface area contributed by atoms with E-state index in [-0.39, 0.29) is 17.9 Å². The summed E-state index contributed by atoms with van der Waals surface area (Å²) in [6.45, 7) is 0.158. The standard InChI is InChI=1S/C32H12BF24.C15H11FNOS/c34-25(35,36)13-1-14(26(37,38)39)6-21(5-13)33(22-7-15(27(40,41)42)2-16(8-22)28(43,44)45,23-9-17(29(46,47)48)3-18(10-23)30(49,50)51)24-11-19(31(52,53)54)4-20(12-24)32(55,56)57;16-12-6-2-1-5-11(12)14(18)9-17-10-19-15-8-4-3-7-13(15)17/h1-12H;1-8,10H,9H2/q-1;+1. The molecule has 1 heterocycles. The molecule has 0 N–H and O–H groups in total. The van der Waals surface area contributed by atoms with Crippen LogP contribution in [0.4, 0.5) is 110 Å². The van der Waals surface area contributed by atoms with Gasteiger partial charge in [-0.3, -0.25) is 4.79 Å². The van der Waals surface area contributed by atoms with Crippen LogP contribution in [0.2, 0.25) is 0 Å². The number of nitrogens with zero attached hydrogens (tertiary/aromatic N) is 1. The molecule has 0 saturated heterocycles. The van der Waals surface area contributed by atoms with Crippen LogP contribution in [0, 0.1) is 5.82 Å². The third-order valence-electron chi connectivity index (χ3n) is 11.4. The first-order chi connectivity index (χ1) is 34.5. The molecular formula is C47H23BF25NOS. The molecule has 7 rings (SSSR count). The van der Waals surface area contributed by atoms with Gasteiger partial charge in [-0.1, -0.05) is 84.1 Å². The molecule has 0 radical (unpaired) electrons. The maximum Gasteiger partial charge on any atom is 0.416 e. The molecule has 0 amide bonds. The Kier molecular flexibility index (Phi) is 15.4. The van der Waals surface area contributed by atoms with Crippen LogP contribution in [0.15, 0.2) is 127 Å². The van der Waals surface area contributed by atoms with E-state index in [1.54, 1.807) is 23.5 Å². The maximum absolute atomic E-state index is 14.2. The first-order valence-corrected chi connectivity index (χ1v) is 21.4. The highest BCUT2D eigenvalue weighted by molar-refractivity contribution is 7.20. The number of ketones is 1. The monoisotopic (exact) mass is 1140 g/mol. The minimum atomic E-state index is -6.13. The smallest absolute Gasteiger partial charge is 0.287 e. The number of aromatic nitrogens is 1. The van der Waals surface area contributed by atoms with Gasteiger partial charge in [0.25, 0.3) is 0 Å². The zero-order valence-electron chi connectivity index (χ0n) is 36.6. The van der Waals surface area contributed by atoms with Crippen LogP contribution in [0.3, 0.4) is 0 Å². The fourth-order valence-electron chi connectivity index (χ4n) is 8.09. The quantitative estimate of drug-likeness (QED) is 0.0674. The average molecular weight is 1140 g/mol. The van der Waals surface area contributed by atoms with E-state index in [0.29, 0.717) is 0 Å².